The lowest BCUT2D eigenvalue weighted by Crippen LogP contribution is -2.28. The molecule has 0 saturated carbocycles. The van der Waals surface area contributed by atoms with Crippen LogP contribution in [0.15, 0.2) is 0 Å². The number of carbonyl (C=O) groups excluding carboxylic acids is 1. The highest BCUT2D eigenvalue weighted by Gasteiger charge is 2.01. The molecule has 0 atom stereocenters. The van der Waals surface area contributed by atoms with Gasteiger partial charge in [-0.1, -0.05) is 20.8 Å². The lowest BCUT2D eigenvalue weighted by Gasteiger charge is -2.16. The molecule has 0 fully saturated rings. The number of rotatable bonds is 3. The van der Waals surface area contributed by atoms with E-state index in [0.29, 0.717) is 0 Å². The molecule has 0 aromatic carbocycles. The van der Waals surface area contributed by atoms with Gasteiger partial charge in [0.2, 0.25) is 5.91 Å². The second-order valence-corrected chi connectivity index (χ2v) is 2.10. The summed E-state index contributed by atoms with van der Waals surface area (Å²) < 4.78 is 0. The van der Waals surface area contributed by atoms with Gasteiger partial charge in [0, 0.05) is 20.0 Å². The molecular weight excluding hydrogens is 138 g/mol. The highest BCUT2D eigenvalue weighted by Crippen LogP contribution is 1.89. The van der Waals surface area contributed by atoms with Gasteiger partial charge < -0.3 is 4.90 Å². The van der Waals surface area contributed by atoms with Crippen molar-refractivity contribution in [2.75, 3.05) is 13.1 Å². The van der Waals surface area contributed by atoms with Gasteiger partial charge in [-0.2, -0.15) is 0 Å². The summed E-state index contributed by atoms with van der Waals surface area (Å²) in [5.74, 6) is 0.180. The Balaban J connectivity index is 0. The third kappa shape index (κ3) is 7.37. The van der Waals surface area contributed by atoms with E-state index in [1.54, 1.807) is 6.92 Å². The summed E-state index contributed by atoms with van der Waals surface area (Å²) in [4.78, 5) is 12.5. The number of amides is 1. The number of hydrogen-bond acceptors (Lipinski definition) is 1. The molecule has 0 rings (SSSR count). The van der Waals surface area contributed by atoms with Crippen LogP contribution in [0.1, 0.15) is 41.0 Å². The molecule has 0 aromatic heterocycles. The molecule has 0 radical (unpaired) electrons. The van der Waals surface area contributed by atoms with E-state index in [4.69, 9.17) is 0 Å². The quantitative estimate of drug-likeness (QED) is 0.618. The standard InChI is InChI=1S/C7H15NO.C2H6/c1-4-6-8(5-2)7(3)9;1-2/h4-6H2,1-3H3;1-2H3. The van der Waals surface area contributed by atoms with Crippen molar-refractivity contribution >= 4 is 5.91 Å². The van der Waals surface area contributed by atoms with E-state index in [2.05, 4.69) is 6.92 Å². The van der Waals surface area contributed by atoms with Crippen molar-refractivity contribution in [1.82, 2.24) is 4.90 Å². The molecule has 2 heteroatoms. The van der Waals surface area contributed by atoms with Crippen molar-refractivity contribution < 1.29 is 4.79 Å². The van der Waals surface area contributed by atoms with Crippen LogP contribution in [0.3, 0.4) is 0 Å². The minimum atomic E-state index is 0.180. The minimum Gasteiger partial charge on any atom is -0.343 e. The molecule has 0 N–H and O–H groups in total. The van der Waals surface area contributed by atoms with Crippen molar-refractivity contribution in [2.45, 2.75) is 41.0 Å². The van der Waals surface area contributed by atoms with Gasteiger partial charge in [0.05, 0.1) is 0 Å². The Bertz CT molecular complexity index is 91.6. The lowest BCUT2D eigenvalue weighted by molar-refractivity contribution is -0.128. The van der Waals surface area contributed by atoms with Crippen LogP contribution in [0.25, 0.3) is 0 Å². The van der Waals surface area contributed by atoms with Crippen LogP contribution in [-0.4, -0.2) is 23.9 Å². The molecule has 0 spiro atoms. The maximum atomic E-state index is 10.7. The summed E-state index contributed by atoms with van der Waals surface area (Å²) in [5.41, 5.74) is 0. The first-order valence-electron chi connectivity index (χ1n) is 4.47. The number of nitrogens with zero attached hydrogens (tertiary/aromatic N) is 1. The van der Waals surface area contributed by atoms with Gasteiger partial charge in [-0.05, 0) is 13.3 Å². The molecule has 0 saturated heterocycles. The zero-order valence-electron chi connectivity index (χ0n) is 8.48. The molecule has 0 bridgehead atoms. The maximum Gasteiger partial charge on any atom is 0.219 e. The third-order valence-corrected chi connectivity index (χ3v) is 1.32. The zero-order chi connectivity index (χ0) is 9.28. The van der Waals surface area contributed by atoms with E-state index in [9.17, 15) is 4.79 Å². The van der Waals surface area contributed by atoms with Gasteiger partial charge in [-0.3, -0.25) is 4.79 Å². The van der Waals surface area contributed by atoms with E-state index in [1.807, 2.05) is 25.7 Å². The van der Waals surface area contributed by atoms with Crippen LogP contribution < -0.4 is 0 Å². The van der Waals surface area contributed by atoms with Crippen LogP contribution in [-0.2, 0) is 4.79 Å². The third-order valence-electron chi connectivity index (χ3n) is 1.32. The number of carbonyl (C=O) groups is 1. The van der Waals surface area contributed by atoms with Crippen LogP contribution in [0.4, 0.5) is 0 Å². The highest BCUT2D eigenvalue weighted by atomic mass is 16.2. The fourth-order valence-electron chi connectivity index (χ4n) is 0.808. The molecule has 0 aliphatic rings. The monoisotopic (exact) mass is 159 g/mol. The fraction of sp³-hybridized carbons (Fsp3) is 0.889. The van der Waals surface area contributed by atoms with Gasteiger partial charge in [-0.25, -0.2) is 0 Å². The average molecular weight is 159 g/mol. The topological polar surface area (TPSA) is 20.3 Å². The van der Waals surface area contributed by atoms with E-state index in [1.165, 1.54) is 0 Å². The molecule has 0 aliphatic heterocycles. The van der Waals surface area contributed by atoms with Crippen LogP contribution in [0.2, 0.25) is 0 Å². The van der Waals surface area contributed by atoms with Gasteiger partial charge in [0.1, 0.15) is 0 Å². The molecular formula is C9H21NO. The van der Waals surface area contributed by atoms with Crippen molar-refractivity contribution in [3.63, 3.8) is 0 Å². The van der Waals surface area contributed by atoms with Gasteiger partial charge in [0.25, 0.3) is 0 Å². The first-order chi connectivity index (χ1) is 5.22. The van der Waals surface area contributed by atoms with Crippen LogP contribution >= 0.6 is 0 Å². The summed E-state index contributed by atoms with van der Waals surface area (Å²) in [6, 6.07) is 0. The maximum absolute atomic E-state index is 10.7. The second kappa shape index (κ2) is 9.47. The summed E-state index contributed by atoms with van der Waals surface area (Å²) in [7, 11) is 0. The minimum absolute atomic E-state index is 0.180. The molecule has 11 heavy (non-hydrogen) atoms. The first-order valence-corrected chi connectivity index (χ1v) is 4.47. The van der Waals surface area contributed by atoms with Gasteiger partial charge in [0.15, 0.2) is 0 Å². The first kappa shape index (κ1) is 13.1. The molecule has 0 unspecified atom stereocenters. The summed E-state index contributed by atoms with van der Waals surface area (Å²) in [6.07, 6.45) is 1.05. The fourth-order valence-corrected chi connectivity index (χ4v) is 0.808. The Morgan fingerprint density at radius 3 is 1.82 bits per heavy atom. The van der Waals surface area contributed by atoms with Gasteiger partial charge in [-0.15, -0.1) is 0 Å². The molecule has 0 heterocycles. The highest BCUT2D eigenvalue weighted by molar-refractivity contribution is 5.73. The van der Waals surface area contributed by atoms with Crippen molar-refractivity contribution in [2.24, 2.45) is 0 Å². The van der Waals surface area contributed by atoms with Gasteiger partial charge >= 0.3 is 0 Å². The molecule has 1 amide bonds. The van der Waals surface area contributed by atoms with E-state index in [0.717, 1.165) is 19.5 Å². The molecule has 0 aromatic rings. The molecule has 2 nitrogen and oxygen atoms in total. The Kier molecular flexibility index (Phi) is 11.3. The Labute approximate surface area is 70.6 Å². The van der Waals surface area contributed by atoms with Crippen molar-refractivity contribution in [1.29, 1.82) is 0 Å². The zero-order valence-corrected chi connectivity index (χ0v) is 8.48. The molecule has 0 aliphatic carbocycles. The predicted octanol–water partition coefficient (Wildman–Crippen LogP) is 2.29. The largest absolute Gasteiger partial charge is 0.343 e. The lowest BCUT2D eigenvalue weighted by atomic mass is 10.4. The normalized spacial score (nSPS) is 8.09. The predicted molar refractivity (Wildman–Crippen MR) is 49.6 cm³/mol. The SMILES string of the molecule is CC.CCCN(CC)C(C)=O. The Hall–Kier alpha value is -0.530. The summed E-state index contributed by atoms with van der Waals surface area (Å²) in [6.45, 7) is 11.4. The number of hydrogen-bond donors (Lipinski definition) is 0. The molecule has 68 valence electrons. The van der Waals surface area contributed by atoms with Crippen LogP contribution in [0.5, 0.6) is 0 Å². The summed E-state index contributed by atoms with van der Waals surface area (Å²) >= 11 is 0. The van der Waals surface area contributed by atoms with Crippen molar-refractivity contribution in [3.8, 4) is 0 Å². The summed E-state index contributed by atoms with van der Waals surface area (Å²) in [5, 5.41) is 0. The second-order valence-electron chi connectivity index (χ2n) is 2.10. The smallest absolute Gasteiger partial charge is 0.219 e. The Morgan fingerprint density at radius 1 is 1.27 bits per heavy atom. The average Bonchev–Trinajstić information content (AvgIpc) is 2.03. The van der Waals surface area contributed by atoms with E-state index in [-0.39, 0.29) is 5.91 Å². The Morgan fingerprint density at radius 2 is 1.73 bits per heavy atom. The van der Waals surface area contributed by atoms with E-state index >= 15 is 0 Å². The van der Waals surface area contributed by atoms with E-state index < -0.39 is 0 Å². The van der Waals surface area contributed by atoms with Crippen molar-refractivity contribution in [3.05, 3.63) is 0 Å². The van der Waals surface area contributed by atoms with Crippen LogP contribution in [0, 0.1) is 0 Å².